The molecule has 0 saturated heterocycles. The van der Waals surface area contributed by atoms with E-state index >= 15 is 0 Å². The van der Waals surface area contributed by atoms with Crippen molar-refractivity contribution < 1.29 is 14.9 Å². The van der Waals surface area contributed by atoms with Gasteiger partial charge in [0.25, 0.3) is 0 Å². The predicted molar refractivity (Wildman–Crippen MR) is 64.9 cm³/mol. The van der Waals surface area contributed by atoms with Crippen molar-refractivity contribution >= 4 is 8.41 Å². The molecule has 0 saturated carbocycles. The number of hydrogen-bond donors (Lipinski definition) is 2. The van der Waals surface area contributed by atoms with E-state index in [-0.39, 0.29) is 14.2 Å². The molecule has 87 valence electrons. The van der Waals surface area contributed by atoms with Crippen LogP contribution in [0.3, 0.4) is 0 Å². The van der Waals surface area contributed by atoms with Crippen molar-refractivity contribution in [2.75, 3.05) is 0 Å². The van der Waals surface area contributed by atoms with Gasteiger partial charge in [0, 0.05) is 14.5 Å². The molecule has 0 unspecified atom stereocenters. The smallest absolute Gasteiger partial charge is 0.131 e. The summed E-state index contributed by atoms with van der Waals surface area (Å²) in [5.41, 5.74) is -1.68. The molecule has 1 rings (SSSR count). The van der Waals surface area contributed by atoms with E-state index in [1.165, 1.54) is 6.07 Å². The Morgan fingerprint density at radius 3 is 2.12 bits per heavy atom. The average Bonchev–Trinajstić information content (AvgIpc) is 2.00. The summed E-state index contributed by atoms with van der Waals surface area (Å²) in [7, 11) is 0. The maximum Gasteiger partial charge on any atom is 0.131 e. The monoisotopic (exact) mass is 221 g/mol. The van der Waals surface area contributed by atoms with E-state index in [9.17, 15) is 10.2 Å². The Morgan fingerprint density at radius 2 is 1.69 bits per heavy atom. The second-order valence-corrected chi connectivity index (χ2v) is 4.67. The lowest BCUT2D eigenvalue weighted by Gasteiger charge is -2.37. The number of ether oxygens (including phenoxy) is 1. The molecular weight excluding hydrogens is 203 g/mol. The first kappa shape index (κ1) is 14.8. The van der Waals surface area contributed by atoms with E-state index in [4.69, 9.17) is 4.74 Å². The van der Waals surface area contributed by atoms with Gasteiger partial charge < -0.3 is 14.9 Å². The fraction of sp³-hybridized carbons (Fsp3) is 0.500. The highest BCUT2D eigenvalue weighted by atomic mass is 16.5. The van der Waals surface area contributed by atoms with E-state index in [1.54, 1.807) is 45.9 Å². The molecule has 2 N–H and O–H groups in total. The first-order chi connectivity index (χ1) is 6.72. The van der Waals surface area contributed by atoms with Gasteiger partial charge in [0.15, 0.2) is 0 Å². The number of hydrogen-bond acceptors (Lipinski definition) is 3. The van der Waals surface area contributed by atoms with Crippen molar-refractivity contribution in [3.63, 3.8) is 0 Å². The molecule has 0 aliphatic carbocycles. The van der Waals surface area contributed by atoms with E-state index in [0.717, 1.165) is 0 Å². The highest BCUT2D eigenvalue weighted by Crippen LogP contribution is 2.29. The second kappa shape index (κ2) is 4.79. The quantitative estimate of drug-likeness (QED) is 0.767. The van der Waals surface area contributed by atoms with Gasteiger partial charge in [-0.15, -0.1) is 0 Å². The standard InChI is InChI=1S/C12H18O3.B/c1-11(2,14)12(3,4)15-10-7-5-6-9(13)8-10;/h5-8,13-14H,1-4H3;. The van der Waals surface area contributed by atoms with Gasteiger partial charge in [-0.3, -0.25) is 0 Å². The molecular formula is C12H18BO3. The molecule has 0 aromatic heterocycles. The summed E-state index contributed by atoms with van der Waals surface area (Å²) in [6.45, 7) is 6.99. The van der Waals surface area contributed by atoms with Crippen LogP contribution >= 0.6 is 0 Å². The number of aromatic hydroxyl groups is 1. The third-order valence-electron chi connectivity index (χ3n) is 2.66. The van der Waals surface area contributed by atoms with Gasteiger partial charge in [0.2, 0.25) is 0 Å². The zero-order chi connectivity index (χ0) is 11.7. The Hall–Kier alpha value is -1.16. The first-order valence-corrected chi connectivity index (χ1v) is 4.93. The second-order valence-electron chi connectivity index (χ2n) is 4.67. The number of phenols is 1. The van der Waals surface area contributed by atoms with Crippen LogP contribution in [0.25, 0.3) is 0 Å². The first-order valence-electron chi connectivity index (χ1n) is 4.93. The third kappa shape index (κ3) is 3.45. The minimum absolute atomic E-state index is 0. The Labute approximate surface area is 98.6 Å². The van der Waals surface area contributed by atoms with Crippen molar-refractivity contribution in [2.24, 2.45) is 0 Å². The van der Waals surface area contributed by atoms with E-state index in [1.807, 2.05) is 0 Å². The summed E-state index contributed by atoms with van der Waals surface area (Å²) >= 11 is 0. The Morgan fingerprint density at radius 1 is 1.12 bits per heavy atom. The van der Waals surface area contributed by atoms with Gasteiger partial charge in [-0.2, -0.15) is 0 Å². The number of aliphatic hydroxyl groups is 1. The molecule has 3 radical (unpaired) electrons. The Kier molecular flexibility index (Phi) is 4.44. The number of phenolic OH excluding ortho intramolecular Hbond substituents is 1. The van der Waals surface area contributed by atoms with Gasteiger partial charge >= 0.3 is 0 Å². The fourth-order valence-electron chi connectivity index (χ4n) is 0.967. The largest absolute Gasteiger partial charge is 0.508 e. The summed E-state index contributed by atoms with van der Waals surface area (Å²) < 4.78 is 5.64. The van der Waals surface area contributed by atoms with Gasteiger partial charge in [-0.1, -0.05) is 6.07 Å². The molecule has 0 aliphatic heterocycles. The lowest BCUT2D eigenvalue weighted by atomic mass is 9.89. The fourth-order valence-corrected chi connectivity index (χ4v) is 0.967. The summed E-state index contributed by atoms with van der Waals surface area (Å²) in [5, 5.41) is 19.2. The Balaban J connectivity index is 0.00000225. The van der Waals surface area contributed by atoms with Crippen LogP contribution in [-0.2, 0) is 0 Å². The highest BCUT2D eigenvalue weighted by molar-refractivity contribution is 5.75. The van der Waals surface area contributed by atoms with Crippen LogP contribution < -0.4 is 4.74 Å². The van der Waals surface area contributed by atoms with Crippen LogP contribution in [-0.4, -0.2) is 29.8 Å². The zero-order valence-electron chi connectivity index (χ0n) is 10.2. The molecule has 0 spiro atoms. The van der Waals surface area contributed by atoms with Gasteiger partial charge in [0.1, 0.15) is 17.1 Å². The summed E-state index contributed by atoms with van der Waals surface area (Å²) in [6, 6.07) is 6.54. The van der Waals surface area contributed by atoms with Crippen LogP contribution in [0.2, 0.25) is 0 Å². The average molecular weight is 221 g/mol. The van der Waals surface area contributed by atoms with Gasteiger partial charge in [-0.25, -0.2) is 0 Å². The molecule has 1 aromatic carbocycles. The van der Waals surface area contributed by atoms with Gasteiger partial charge in [-0.05, 0) is 39.8 Å². The molecule has 1 aromatic rings. The molecule has 0 heterocycles. The topological polar surface area (TPSA) is 49.7 Å². The van der Waals surface area contributed by atoms with Crippen molar-refractivity contribution in [3.8, 4) is 11.5 Å². The highest BCUT2D eigenvalue weighted by Gasteiger charge is 2.37. The van der Waals surface area contributed by atoms with Crippen molar-refractivity contribution in [3.05, 3.63) is 24.3 Å². The van der Waals surface area contributed by atoms with Crippen molar-refractivity contribution in [1.29, 1.82) is 0 Å². The van der Waals surface area contributed by atoms with Crippen LogP contribution in [0.1, 0.15) is 27.7 Å². The van der Waals surface area contributed by atoms with Crippen molar-refractivity contribution in [2.45, 2.75) is 38.9 Å². The molecule has 0 fully saturated rings. The molecule has 16 heavy (non-hydrogen) atoms. The summed E-state index contributed by atoms with van der Waals surface area (Å²) in [6.07, 6.45) is 0. The zero-order valence-corrected chi connectivity index (χ0v) is 10.2. The normalized spacial score (nSPS) is 11.8. The molecule has 0 bridgehead atoms. The number of benzene rings is 1. The van der Waals surface area contributed by atoms with Crippen LogP contribution in [0.15, 0.2) is 24.3 Å². The minimum atomic E-state index is -0.960. The molecule has 0 amide bonds. The maximum atomic E-state index is 9.89. The molecule has 0 atom stereocenters. The predicted octanol–water partition coefficient (Wildman–Crippen LogP) is 1.94. The third-order valence-corrected chi connectivity index (χ3v) is 2.66. The summed E-state index contributed by atoms with van der Waals surface area (Å²) in [4.78, 5) is 0. The number of rotatable bonds is 3. The molecule has 0 aliphatic rings. The van der Waals surface area contributed by atoms with Crippen LogP contribution in [0, 0.1) is 0 Å². The van der Waals surface area contributed by atoms with E-state index < -0.39 is 11.2 Å². The van der Waals surface area contributed by atoms with E-state index in [0.29, 0.717) is 5.75 Å². The SMILES string of the molecule is CC(C)(O)C(C)(C)Oc1cccc(O)c1.[B]. The minimum Gasteiger partial charge on any atom is -0.508 e. The molecule has 3 nitrogen and oxygen atoms in total. The van der Waals surface area contributed by atoms with Gasteiger partial charge in [0.05, 0.1) is 5.60 Å². The van der Waals surface area contributed by atoms with Crippen molar-refractivity contribution in [1.82, 2.24) is 0 Å². The van der Waals surface area contributed by atoms with Crippen LogP contribution in [0.4, 0.5) is 0 Å². The Bertz CT molecular complexity index is 342. The van der Waals surface area contributed by atoms with Crippen LogP contribution in [0.5, 0.6) is 11.5 Å². The lowest BCUT2D eigenvalue weighted by Crippen LogP contribution is -2.49. The maximum absolute atomic E-state index is 9.89. The lowest BCUT2D eigenvalue weighted by molar-refractivity contribution is -0.0907. The van der Waals surface area contributed by atoms with E-state index in [2.05, 4.69) is 0 Å². The molecule has 4 heteroatoms. The summed E-state index contributed by atoms with van der Waals surface area (Å²) in [5.74, 6) is 0.696.